The van der Waals surface area contributed by atoms with E-state index in [1.807, 2.05) is 30.3 Å². The highest BCUT2D eigenvalue weighted by atomic mass is 32.2. The van der Waals surface area contributed by atoms with E-state index in [-0.39, 0.29) is 36.9 Å². The van der Waals surface area contributed by atoms with Gasteiger partial charge in [-0.05, 0) is 57.6 Å². The number of amides is 3. The number of benzene rings is 3. The zero-order valence-corrected chi connectivity index (χ0v) is 24.4. The van der Waals surface area contributed by atoms with Crippen molar-refractivity contribution in [2.45, 2.75) is 30.5 Å². The molecule has 1 aliphatic heterocycles. The van der Waals surface area contributed by atoms with E-state index in [1.54, 1.807) is 35.7 Å². The average Bonchev–Trinajstić information content (AvgIpc) is 3.60. The molecular weight excluding hydrogens is 590 g/mol. The molecule has 1 saturated heterocycles. The molecule has 1 fully saturated rings. The molecule has 4 aromatic rings. The lowest BCUT2D eigenvalue weighted by Crippen LogP contribution is -2.46. The fourth-order valence-electron chi connectivity index (χ4n) is 4.87. The van der Waals surface area contributed by atoms with E-state index in [0.717, 1.165) is 20.8 Å². The molecule has 43 heavy (non-hydrogen) atoms. The lowest BCUT2D eigenvalue weighted by molar-refractivity contribution is -0.128. The first-order valence-corrected chi connectivity index (χ1v) is 15.5. The van der Waals surface area contributed by atoms with E-state index in [0.29, 0.717) is 16.0 Å². The largest absolute Gasteiger partial charge is 0.444 e. The number of rotatable bonds is 10. The molecule has 0 saturated carbocycles. The Labute approximate surface area is 252 Å². The number of ether oxygens (including phenoxy) is 1. The zero-order chi connectivity index (χ0) is 30.6. The summed E-state index contributed by atoms with van der Waals surface area (Å²) in [4.78, 5) is 39.1. The van der Waals surface area contributed by atoms with Gasteiger partial charge in [0.1, 0.15) is 17.6 Å². The first kappa shape index (κ1) is 29.7. The number of hydrogen-bond donors (Lipinski definition) is 2. The molecule has 13 heteroatoms. The quantitative estimate of drug-likeness (QED) is 0.273. The maximum atomic E-state index is 13.9. The van der Waals surface area contributed by atoms with E-state index in [4.69, 9.17) is 15.7 Å². The Morgan fingerprint density at radius 2 is 1.84 bits per heavy atom. The van der Waals surface area contributed by atoms with Crippen molar-refractivity contribution in [3.63, 3.8) is 0 Å². The van der Waals surface area contributed by atoms with Gasteiger partial charge < -0.3 is 15.4 Å². The Bertz CT molecular complexity index is 1830. The van der Waals surface area contributed by atoms with Gasteiger partial charge in [-0.3, -0.25) is 14.9 Å². The van der Waals surface area contributed by atoms with E-state index < -0.39 is 34.6 Å². The van der Waals surface area contributed by atoms with Gasteiger partial charge in [0.2, 0.25) is 21.8 Å². The molecule has 0 radical (unpaired) electrons. The van der Waals surface area contributed by atoms with Crippen LogP contribution in [0.4, 0.5) is 10.5 Å². The molecule has 3 aromatic carbocycles. The SMILES string of the molecule is N#Cc1cc(CN2C[C@@H](N(CC(N)=O)S(=O)(=O)c3ccc4ccc(NC(=O)OCc5ccccc5)cc4c3)CC2=O)cs1. The van der Waals surface area contributed by atoms with Gasteiger partial charge >= 0.3 is 6.09 Å². The monoisotopic (exact) mass is 617 g/mol. The summed E-state index contributed by atoms with van der Waals surface area (Å²) in [6.07, 6.45) is -0.782. The van der Waals surface area contributed by atoms with Crippen molar-refractivity contribution in [2.75, 3.05) is 18.4 Å². The number of fused-ring (bicyclic) bond motifs is 1. The van der Waals surface area contributed by atoms with Gasteiger partial charge in [-0.15, -0.1) is 11.3 Å². The van der Waals surface area contributed by atoms with Gasteiger partial charge in [0.15, 0.2) is 0 Å². The van der Waals surface area contributed by atoms with Gasteiger partial charge in [0, 0.05) is 25.2 Å². The summed E-state index contributed by atoms with van der Waals surface area (Å²) < 4.78 is 34.0. The molecule has 0 aliphatic carbocycles. The summed E-state index contributed by atoms with van der Waals surface area (Å²) in [5.41, 5.74) is 7.44. The molecule has 220 valence electrons. The standard InChI is InChI=1S/C30H27N5O6S2/c31-14-26-10-21(19-42-26)15-34-16-25(13-29(34)37)35(17-28(32)36)43(39,40)27-9-7-22-6-8-24(11-23(22)12-27)33-30(38)41-18-20-4-2-1-3-5-20/h1-12,19,25H,13,15-18H2,(H2,32,36)(H,33,38)/t25-/m0/s1. The third-order valence-electron chi connectivity index (χ3n) is 6.93. The summed E-state index contributed by atoms with van der Waals surface area (Å²) in [6, 6.07) is 21.7. The lowest BCUT2D eigenvalue weighted by atomic mass is 10.1. The molecule has 5 rings (SSSR count). The van der Waals surface area contributed by atoms with Crippen LogP contribution in [0.1, 0.15) is 22.4 Å². The van der Waals surface area contributed by atoms with Crippen molar-refractivity contribution >= 4 is 55.7 Å². The summed E-state index contributed by atoms with van der Waals surface area (Å²) in [5.74, 6) is -1.12. The smallest absolute Gasteiger partial charge is 0.411 e. The second kappa shape index (κ2) is 12.6. The van der Waals surface area contributed by atoms with Crippen molar-refractivity contribution in [3.05, 3.63) is 94.2 Å². The fraction of sp³-hybridized carbons (Fsp3) is 0.200. The van der Waals surface area contributed by atoms with Gasteiger partial charge in [0.25, 0.3) is 0 Å². The van der Waals surface area contributed by atoms with Crippen LogP contribution in [0.3, 0.4) is 0 Å². The number of carbonyl (C=O) groups excluding carboxylic acids is 3. The minimum absolute atomic E-state index is 0.0653. The van der Waals surface area contributed by atoms with Crippen LogP contribution in [0.5, 0.6) is 0 Å². The molecule has 11 nitrogen and oxygen atoms in total. The molecule has 1 aliphatic rings. The van der Waals surface area contributed by atoms with Crippen molar-refractivity contribution in [2.24, 2.45) is 5.73 Å². The van der Waals surface area contributed by atoms with Crippen LogP contribution in [0, 0.1) is 11.3 Å². The highest BCUT2D eigenvalue weighted by Crippen LogP contribution is 2.29. The Morgan fingerprint density at radius 1 is 1.07 bits per heavy atom. The van der Waals surface area contributed by atoms with Crippen LogP contribution >= 0.6 is 11.3 Å². The van der Waals surface area contributed by atoms with E-state index in [9.17, 15) is 22.8 Å². The predicted molar refractivity (Wildman–Crippen MR) is 160 cm³/mol. The number of hydrogen-bond acceptors (Lipinski definition) is 8. The number of likely N-dealkylation sites (tertiary alicyclic amines) is 1. The predicted octanol–water partition coefficient (Wildman–Crippen LogP) is 3.80. The maximum Gasteiger partial charge on any atom is 0.411 e. The first-order chi connectivity index (χ1) is 20.6. The molecule has 2 heterocycles. The van der Waals surface area contributed by atoms with E-state index in [1.165, 1.54) is 28.4 Å². The summed E-state index contributed by atoms with van der Waals surface area (Å²) in [5, 5.41) is 14.7. The molecule has 3 N–H and O–H groups in total. The van der Waals surface area contributed by atoms with Crippen LogP contribution in [0.15, 0.2) is 83.1 Å². The van der Waals surface area contributed by atoms with Crippen molar-refractivity contribution in [1.82, 2.24) is 9.21 Å². The first-order valence-electron chi connectivity index (χ1n) is 13.2. The minimum atomic E-state index is -4.27. The number of nitrogens with one attached hydrogen (secondary N) is 1. The van der Waals surface area contributed by atoms with Crippen molar-refractivity contribution < 1.29 is 27.5 Å². The number of sulfonamides is 1. The molecule has 1 atom stereocenters. The number of primary amides is 1. The number of nitrogens with two attached hydrogens (primary N) is 1. The van der Waals surface area contributed by atoms with E-state index >= 15 is 0 Å². The summed E-state index contributed by atoms with van der Waals surface area (Å²) in [7, 11) is -4.27. The molecule has 1 aromatic heterocycles. The van der Waals surface area contributed by atoms with Gasteiger partial charge in [-0.25, -0.2) is 13.2 Å². The summed E-state index contributed by atoms with van der Waals surface area (Å²) in [6.45, 7) is -0.223. The third kappa shape index (κ3) is 7.00. The minimum Gasteiger partial charge on any atom is -0.444 e. The van der Waals surface area contributed by atoms with Crippen molar-refractivity contribution in [1.29, 1.82) is 5.26 Å². The second-order valence-electron chi connectivity index (χ2n) is 9.99. The van der Waals surface area contributed by atoms with Crippen LogP contribution in [-0.2, 0) is 37.5 Å². The second-order valence-corrected chi connectivity index (χ2v) is 12.8. The molecular formula is C30H27N5O6S2. The number of nitrogens with zero attached hydrogens (tertiary/aromatic N) is 3. The fourth-order valence-corrected chi connectivity index (χ4v) is 7.18. The molecule has 0 bridgehead atoms. The van der Waals surface area contributed by atoms with Gasteiger partial charge in [0.05, 0.1) is 17.5 Å². The Balaban J connectivity index is 1.34. The molecule has 3 amide bonds. The van der Waals surface area contributed by atoms with Crippen LogP contribution < -0.4 is 11.1 Å². The van der Waals surface area contributed by atoms with E-state index in [2.05, 4.69) is 11.4 Å². The Kier molecular flexibility index (Phi) is 8.72. The number of anilines is 1. The summed E-state index contributed by atoms with van der Waals surface area (Å²) >= 11 is 1.26. The van der Waals surface area contributed by atoms with Crippen LogP contribution in [-0.4, -0.2) is 54.7 Å². The van der Waals surface area contributed by atoms with Crippen LogP contribution in [0.2, 0.25) is 0 Å². The number of thiophene rings is 1. The Hall–Kier alpha value is -4.77. The maximum absolute atomic E-state index is 13.9. The number of carbonyl (C=O) groups is 3. The zero-order valence-electron chi connectivity index (χ0n) is 22.8. The Morgan fingerprint density at radius 3 is 2.56 bits per heavy atom. The lowest BCUT2D eigenvalue weighted by Gasteiger charge is -2.27. The highest BCUT2D eigenvalue weighted by molar-refractivity contribution is 7.89. The highest BCUT2D eigenvalue weighted by Gasteiger charge is 2.40. The average molecular weight is 618 g/mol. The third-order valence-corrected chi connectivity index (χ3v) is 9.71. The topological polar surface area (TPSA) is 163 Å². The normalized spacial score (nSPS) is 15.0. The molecule has 0 spiro atoms. The molecule has 0 unspecified atom stereocenters. The van der Waals surface area contributed by atoms with Crippen LogP contribution in [0.25, 0.3) is 10.8 Å². The number of nitriles is 1. The van der Waals surface area contributed by atoms with Gasteiger partial charge in [-0.2, -0.15) is 9.57 Å². The van der Waals surface area contributed by atoms with Gasteiger partial charge in [-0.1, -0.05) is 42.5 Å². The van der Waals surface area contributed by atoms with Crippen molar-refractivity contribution in [3.8, 4) is 6.07 Å².